The van der Waals surface area contributed by atoms with Gasteiger partial charge in [-0.3, -0.25) is 20.4 Å². The molecule has 0 fully saturated rings. The minimum absolute atomic E-state index is 0.145. The Labute approximate surface area is 169 Å². The molecule has 1 amide bonds. The zero-order valence-electron chi connectivity index (χ0n) is 16.1. The molecule has 2 atom stereocenters. The lowest BCUT2D eigenvalue weighted by atomic mass is 9.81. The molecular formula is C21H24N4O4. The highest BCUT2D eigenvalue weighted by Crippen LogP contribution is 2.35. The minimum atomic E-state index is -0.490. The largest absolute Gasteiger partial charge is 0.472 e. The number of allylic oxidation sites excluding steroid dienone is 2. The van der Waals surface area contributed by atoms with Crippen LogP contribution in [0.15, 0.2) is 66.2 Å². The summed E-state index contributed by atoms with van der Waals surface area (Å²) in [6.07, 6.45) is 7.54. The SMILES string of the molecule is CCOC(=O)CC1C=C2C=COC=C2C(N(NC(=N)N)C(=O)c2ccccc2)C1. The number of hydrogen-bond donors (Lipinski definition) is 3. The first-order chi connectivity index (χ1) is 14.0. The number of nitrogens with one attached hydrogen (secondary N) is 2. The van der Waals surface area contributed by atoms with Crippen LogP contribution in [-0.4, -0.2) is 35.5 Å². The molecule has 1 heterocycles. The molecule has 1 aromatic carbocycles. The number of esters is 1. The van der Waals surface area contributed by atoms with Gasteiger partial charge < -0.3 is 15.2 Å². The summed E-state index contributed by atoms with van der Waals surface area (Å²) < 4.78 is 10.4. The van der Waals surface area contributed by atoms with Crippen molar-refractivity contribution in [2.75, 3.05) is 6.61 Å². The zero-order chi connectivity index (χ0) is 20.8. The second kappa shape index (κ2) is 9.09. The van der Waals surface area contributed by atoms with Crippen molar-refractivity contribution in [2.24, 2.45) is 11.7 Å². The van der Waals surface area contributed by atoms with Gasteiger partial charge in [0.2, 0.25) is 5.96 Å². The third kappa shape index (κ3) is 4.84. The number of ether oxygens (including phenoxy) is 2. The van der Waals surface area contributed by atoms with Crippen molar-refractivity contribution in [3.8, 4) is 0 Å². The third-order valence-electron chi connectivity index (χ3n) is 4.68. The van der Waals surface area contributed by atoms with Crippen LogP contribution in [0.5, 0.6) is 0 Å². The number of rotatable bonds is 5. The Morgan fingerprint density at radius 2 is 2.10 bits per heavy atom. The van der Waals surface area contributed by atoms with E-state index in [0.29, 0.717) is 18.6 Å². The third-order valence-corrected chi connectivity index (χ3v) is 4.68. The summed E-state index contributed by atoms with van der Waals surface area (Å²) in [5.74, 6) is -1.14. The van der Waals surface area contributed by atoms with Crippen molar-refractivity contribution in [3.05, 3.63) is 71.7 Å². The van der Waals surface area contributed by atoms with Crippen LogP contribution in [0.3, 0.4) is 0 Å². The highest BCUT2D eigenvalue weighted by Gasteiger charge is 2.36. The van der Waals surface area contributed by atoms with E-state index in [4.69, 9.17) is 20.6 Å². The number of hydrogen-bond acceptors (Lipinski definition) is 5. The lowest BCUT2D eigenvalue weighted by molar-refractivity contribution is -0.144. The maximum absolute atomic E-state index is 13.2. The molecule has 152 valence electrons. The molecule has 0 bridgehead atoms. The molecule has 4 N–H and O–H groups in total. The predicted octanol–water partition coefficient (Wildman–Crippen LogP) is 2.22. The van der Waals surface area contributed by atoms with Gasteiger partial charge in [-0.15, -0.1) is 0 Å². The molecule has 1 aliphatic carbocycles. The number of nitrogens with two attached hydrogens (primary N) is 1. The van der Waals surface area contributed by atoms with Crippen molar-refractivity contribution in [3.63, 3.8) is 0 Å². The van der Waals surface area contributed by atoms with E-state index in [1.54, 1.807) is 49.8 Å². The van der Waals surface area contributed by atoms with E-state index in [1.807, 2.05) is 12.1 Å². The molecule has 8 heteroatoms. The maximum Gasteiger partial charge on any atom is 0.306 e. The fraction of sp³-hybridized carbons (Fsp3) is 0.286. The zero-order valence-corrected chi connectivity index (χ0v) is 16.1. The molecule has 2 aliphatic rings. The number of hydrazine groups is 1. The summed E-state index contributed by atoms with van der Waals surface area (Å²) in [7, 11) is 0. The first-order valence-corrected chi connectivity index (χ1v) is 9.38. The number of carbonyl (C=O) groups excluding carboxylic acids is 2. The van der Waals surface area contributed by atoms with E-state index in [1.165, 1.54) is 5.01 Å². The quantitative estimate of drug-likeness (QED) is 0.304. The Morgan fingerprint density at radius 1 is 1.34 bits per heavy atom. The van der Waals surface area contributed by atoms with Gasteiger partial charge in [-0.25, -0.2) is 5.01 Å². The monoisotopic (exact) mass is 396 g/mol. The molecule has 0 saturated carbocycles. The van der Waals surface area contributed by atoms with Crippen molar-refractivity contribution in [1.29, 1.82) is 5.41 Å². The average Bonchev–Trinajstić information content (AvgIpc) is 2.71. The first-order valence-electron chi connectivity index (χ1n) is 9.38. The highest BCUT2D eigenvalue weighted by molar-refractivity contribution is 5.96. The van der Waals surface area contributed by atoms with Crippen LogP contribution in [0, 0.1) is 11.3 Å². The summed E-state index contributed by atoms with van der Waals surface area (Å²) in [5.41, 5.74) is 10.3. The fourth-order valence-electron chi connectivity index (χ4n) is 3.49. The van der Waals surface area contributed by atoms with Gasteiger partial charge in [-0.05, 0) is 43.0 Å². The summed E-state index contributed by atoms with van der Waals surface area (Å²) >= 11 is 0. The van der Waals surface area contributed by atoms with Gasteiger partial charge in [0.15, 0.2) is 0 Å². The van der Waals surface area contributed by atoms with E-state index >= 15 is 0 Å². The van der Waals surface area contributed by atoms with E-state index in [9.17, 15) is 9.59 Å². The first kappa shape index (κ1) is 20.2. The van der Waals surface area contributed by atoms with Crippen LogP contribution < -0.4 is 11.2 Å². The van der Waals surface area contributed by atoms with Crippen molar-refractivity contribution < 1.29 is 19.1 Å². The van der Waals surface area contributed by atoms with Gasteiger partial charge in [-0.1, -0.05) is 24.3 Å². The van der Waals surface area contributed by atoms with Crippen molar-refractivity contribution >= 4 is 17.8 Å². The van der Waals surface area contributed by atoms with E-state index < -0.39 is 6.04 Å². The number of amides is 1. The summed E-state index contributed by atoms with van der Waals surface area (Å²) in [4.78, 5) is 25.2. The maximum atomic E-state index is 13.2. The molecule has 3 rings (SSSR count). The number of fused-ring (bicyclic) bond motifs is 1. The smallest absolute Gasteiger partial charge is 0.306 e. The molecule has 1 aliphatic heterocycles. The fourth-order valence-corrected chi connectivity index (χ4v) is 3.49. The summed E-state index contributed by atoms with van der Waals surface area (Å²) in [5, 5.41) is 9.00. The Balaban J connectivity index is 1.93. The molecule has 0 radical (unpaired) electrons. The lowest BCUT2D eigenvalue weighted by Gasteiger charge is -2.38. The van der Waals surface area contributed by atoms with E-state index in [-0.39, 0.29) is 30.2 Å². The topological polar surface area (TPSA) is 118 Å². The Kier molecular flexibility index (Phi) is 6.33. The summed E-state index contributed by atoms with van der Waals surface area (Å²) in [6, 6.07) is 8.24. The second-order valence-corrected chi connectivity index (χ2v) is 6.72. The standard InChI is InChI=1S/C21H24N4O4/c1-2-29-19(26)12-14-10-16-8-9-28-13-17(16)18(11-14)25(24-21(22)23)20(27)15-6-4-3-5-7-15/h3-10,13-14,18H,2,11-12H2,1H3,(H4,22,23,24). The lowest BCUT2D eigenvalue weighted by Crippen LogP contribution is -2.55. The van der Waals surface area contributed by atoms with Crippen LogP contribution in [0.2, 0.25) is 0 Å². The molecule has 1 aromatic rings. The number of carbonyl (C=O) groups is 2. The number of nitrogens with zero attached hydrogens (tertiary/aromatic N) is 1. The Hall–Kier alpha value is -3.55. The molecule has 0 saturated heterocycles. The Bertz CT molecular complexity index is 876. The molecule has 0 aromatic heterocycles. The second-order valence-electron chi connectivity index (χ2n) is 6.72. The van der Waals surface area contributed by atoms with Gasteiger partial charge in [0.1, 0.15) is 0 Å². The van der Waals surface area contributed by atoms with Gasteiger partial charge in [0.25, 0.3) is 5.91 Å². The van der Waals surface area contributed by atoms with Crippen molar-refractivity contribution in [2.45, 2.75) is 25.8 Å². The molecule has 0 spiro atoms. The summed E-state index contributed by atoms with van der Waals surface area (Å²) in [6.45, 7) is 2.08. The average molecular weight is 396 g/mol. The molecule has 8 nitrogen and oxygen atoms in total. The van der Waals surface area contributed by atoms with Gasteiger partial charge in [0.05, 0.1) is 31.6 Å². The predicted molar refractivity (Wildman–Crippen MR) is 107 cm³/mol. The van der Waals surface area contributed by atoms with Crippen LogP contribution >= 0.6 is 0 Å². The van der Waals surface area contributed by atoms with Gasteiger partial charge in [0, 0.05) is 11.1 Å². The van der Waals surface area contributed by atoms with Gasteiger partial charge >= 0.3 is 5.97 Å². The van der Waals surface area contributed by atoms with Crippen LogP contribution in [0.4, 0.5) is 0 Å². The molecule has 2 unspecified atom stereocenters. The number of benzene rings is 1. The van der Waals surface area contributed by atoms with Crippen molar-refractivity contribution in [1.82, 2.24) is 10.4 Å². The van der Waals surface area contributed by atoms with E-state index in [0.717, 1.165) is 11.1 Å². The van der Waals surface area contributed by atoms with Crippen LogP contribution in [0.25, 0.3) is 0 Å². The highest BCUT2D eigenvalue weighted by atomic mass is 16.5. The van der Waals surface area contributed by atoms with Crippen LogP contribution in [-0.2, 0) is 14.3 Å². The van der Waals surface area contributed by atoms with E-state index in [2.05, 4.69) is 5.43 Å². The normalized spacial score (nSPS) is 19.8. The number of guanidine groups is 1. The molecular weight excluding hydrogens is 372 g/mol. The minimum Gasteiger partial charge on any atom is -0.472 e. The Morgan fingerprint density at radius 3 is 2.79 bits per heavy atom. The van der Waals surface area contributed by atoms with Gasteiger partial charge in [-0.2, -0.15) is 0 Å². The van der Waals surface area contributed by atoms with Crippen LogP contribution in [0.1, 0.15) is 30.1 Å². The molecule has 29 heavy (non-hydrogen) atoms.